The van der Waals surface area contributed by atoms with Gasteiger partial charge in [0.05, 0.1) is 17.7 Å². The van der Waals surface area contributed by atoms with Gasteiger partial charge in [0.15, 0.2) is 0 Å². The van der Waals surface area contributed by atoms with Crippen LogP contribution in [0.2, 0.25) is 0 Å². The first-order valence-electron chi connectivity index (χ1n) is 7.19. The van der Waals surface area contributed by atoms with Gasteiger partial charge in [-0.25, -0.2) is 9.18 Å². The van der Waals surface area contributed by atoms with Crippen LogP contribution in [-0.2, 0) is 4.74 Å². The summed E-state index contributed by atoms with van der Waals surface area (Å²) in [5.41, 5.74) is 1.49. The highest BCUT2D eigenvalue weighted by Gasteiger charge is 2.19. The summed E-state index contributed by atoms with van der Waals surface area (Å²) in [4.78, 5) is 24.7. The fraction of sp³-hybridized carbons (Fsp3) is 0.111. The zero-order valence-electron chi connectivity index (χ0n) is 12.5. The molecule has 0 aliphatic carbocycles. The molecule has 0 saturated carbocycles. The summed E-state index contributed by atoms with van der Waals surface area (Å²) in [5.74, 6) is -0.903. The molecule has 0 fully saturated rings. The number of pyridine rings is 2. The molecule has 0 aliphatic rings. The first-order chi connectivity index (χ1) is 11.1. The topological polar surface area (TPSA) is 47.8 Å². The number of aromatic nitrogens is 1. The number of ether oxygens (including phenoxy) is 1. The van der Waals surface area contributed by atoms with Gasteiger partial charge in [0.2, 0.25) is 0 Å². The number of fused-ring (bicyclic) bond motifs is 1. The van der Waals surface area contributed by atoms with Crippen molar-refractivity contribution < 1.29 is 13.9 Å². The average molecular weight is 311 g/mol. The Morgan fingerprint density at radius 1 is 1.17 bits per heavy atom. The number of rotatable bonds is 3. The summed E-state index contributed by atoms with van der Waals surface area (Å²) in [5, 5.41) is 0. The van der Waals surface area contributed by atoms with E-state index in [1.165, 1.54) is 34.7 Å². The van der Waals surface area contributed by atoms with Gasteiger partial charge in [-0.05, 0) is 36.8 Å². The molecule has 5 heteroatoms. The summed E-state index contributed by atoms with van der Waals surface area (Å²) in [6, 6.07) is 12.1. The lowest BCUT2D eigenvalue weighted by molar-refractivity contribution is 0.0529. The van der Waals surface area contributed by atoms with Crippen LogP contribution >= 0.6 is 0 Å². The van der Waals surface area contributed by atoms with Crippen LogP contribution in [-0.4, -0.2) is 17.0 Å². The molecular weight excluding hydrogens is 297 g/mol. The predicted molar refractivity (Wildman–Crippen MR) is 85.0 cm³/mol. The molecule has 4 nitrogen and oxygen atoms in total. The van der Waals surface area contributed by atoms with E-state index in [0.717, 1.165) is 0 Å². The van der Waals surface area contributed by atoms with Crippen molar-refractivity contribution in [3.8, 4) is 11.1 Å². The Kier molecular flexibility index (Phi) is 3.93. The van der Waals surface area contributed by atoms with Crippen LogP contribution < -0.4 is 5.56 Å². The monoisotopic (exact) mass is 311 g/mol. The quantitative estimate of drug-likeness (QED) is 0.697. The van der Waals surface area contributed by atoms with Crippen molar-refractivity contribution in [1.82, 2.24) is 4.40 Å². The smallest absolute Gasteiger partial charge is 0.340 e. The second-order valence-electron chi connectivity index (χ2n) is 4.95. The van der Waals surface area contributed by atoms with Gasteiger partial charge in [-0.1, -0.05) is 18.2 Å². The molecule has 0 amide bonds. The molecule has 3 rings (SSSR count). The second-order valence-corrected chi connectivity index (χ2v) is 4.95. The first-order valence-corrected chi connectivity index (χ1v) is 7.19. The predicted octanol–water partition coefficient (Wildman–Crippen LogP) is 3.28. The average Bonchev–Trinajstić information content (AvgIpc) is 2.55. The fourth-order valence-electron chi connectivity index (χ4n) is 2.52. The minimum absolute atomic E-state index is 0.222. The number of hydrogen-bond acceptors (Lipinski definition) is 3. The largest absolute Gasteiger partial charge is 0.462 e. The highest BCUT2D eigenvalue weighted by molar-refractivity contribution is 6.03. The molecule has 0 atom stereocenters. The summed E-state index contributed by atoms with van der Waals surface area (Å²) in [6.45, 7) is 1.94. The molecule has 0 spiro atoms. The summed E-state index contributed by atoms with van der Waals surface area (Å²) >= 11 is 0. The summed E-state index contributed by atoms with van der Waals surface area (Å²) in [6.07, 6.45) is 1.59. The molecule has 0 aliphatic heterocycles. The molecule has 116 valence electrons. The zero-order chi connectivity index (χ0) is 16.4. The van der Waals surface area contributed by atoms with Crippen molar-refractivity contribution in [2.45, 2.75) is 6.92 Å². The number of nitrogens with zero attached hydrogens (tertiary/aromatic N) is 1. The third-order valence-corrected chi connectivity index (χ3v) is 3.53. The highest BCUT2D eigenvalue weighted by Crippen LogP contribution is 2.26. The summed E-state index contributed by atoms with van der Waals surface area (Å²) in [7, 11) is 0. The maximum absolute atomic E-state index is 13.2. The van der Waals surface area contributed by atoms with E-state index in [9.17, 15) is 14.0 Å². The molecular formula is C18H14FNO3. The van der Waals surface area contributed by atoms with Gasteiger partial charge in [-0.3, -0.25) is 9.20 Å². The minimum Gasteiger partial charge on any atom is -0.462 e. The number of hydrogen-bond donors (Lipinski definition) is 0. The standard InChI is InChI=1S/C18H14FNO3/c1-2-23-18(22)17-14(12-6-8-13(19)9-7-12)11-16(21)20-10-4-3-5-15(17)20/h3-11H,2H2,1H3. The van der Waals surface area contributed by atoms with E-state index in [4.69, 9.17) is 4.74 Å². The molecule has 0 N–H and O–H groups in total. The fourth-order valence-corrected chi connectivity index (χ4v) is 2.52. The van der Waals surface area contributed by atoms with Crippen LogP contribution in [0.25, 0.3) is 16.6 Å². The Morgan fingerprint density at radius 2 is 1.91 bits per heavy atom. The van der Waals surface area contributed by atoms with Crippen molar-refractivity contribution in [2.75, 3.05) is 6.61 Å². The Hall–Kier alpha value is -2.95. The lowest BCUT2D eigenvalue weighted by Gasteiger charge is -2.12. The lowest BCUT2D eigenvalue weighted by Crippen LogP contribution is -2.18. The van der Waals surface area contributed by atoms with Crippen LogP contribution in [0.4, 0.5) is 4.39 Å². The molecule has 0 unspecified atom stereocenters. The van der Waals surface area contributed by atoms with Crippen molar-refractivity contribution in [3.05, 3.63) is 76.5 Å². The zero-order valence-corrected chi connectivity index (χ0v) is 12.5. The number of carbonyl (C=O) groups is 1. The van der Waals surface area contributed by atoms with E-state index in [2.05, 4.69) is 0 Å². The molecule has 2 aromatic heterocycles. The van der Waals surface area contributed by atoms with Gasteiger partial charge in [0, 0.05) is 17.8 Å². The van der Waals surface area contributed by atoms with Crippen LogP contribution in [0.5, 0.6) is 0 Å². The van der Waals surface area contributed by atoms with Crippen molar-refractivity contribution in [2.24, 2.45) is 0 Å². The number of halogens is 1. The van der Waals surface area contributed by atoms with E-state index >= 15 is 0 Å². The Balaban J connectivity index is 2.36. The maximum Gasteiger partial charge on any atom is 0.340 e. The Bertz CT molecular complexity index is 929. The van der Waals surface area contributed by atoms with E-state index in [-0.39, 0.29) is 18.0 Å². The molecule has 0 bridgehead atoms. The normalized spacial score (nSPS) is 10.7. The minimum atomic E-state index is -0.518. The third-order valence-electron chi connectivity index (χ3n) is 3.53. The number of benzene rings is 1. The first kappa shape index (κ1) is 15.0. The molecule has 23 heavy (non-hydrogen) atoms. The van der Waals surface area contributed by atoms with Crippen LogP contribution in [0.15, 0.2) is 59.5 Å². The van der Waals surface area contributed by atoms with Crippen molar-refractivity contribution in [3.63, 3.8) is 0 Å². The van der Waals surface area contributed by atoms with E-state index in [0.29, 0.717) is 22.2 Å². The van der Waals surface area contributed by atoms with Gasteiger partial charge in [0.25, 0.3) is 5.56 Å². The van der Waals surface area contributed by atoms with E-state index in [1.807, 2.05) is 0 Å². The number of carbonyl (C=O) groups excluding carboxylic acids is 1. The summed E-state index contributed by atoms with van der Waals surface area (Å²) < 4.78 is 19.7. The molecule has 1 aromatic carbocycles. The Labute approximate surface area is 131 Å². The van der Waals surface area contributed by atoms with Gasteiger partial charge in [-0.2, -0.15) is 0 Å². The van der Waals surface area contributed by atoms with E-state index in [1.54, 1.807) is 31.3 Å². The SMILES string of the molecule is CCOC(=O)c1c(-c2ccc(F)cc2)cc(=O)n2ccccc12. The van der Waals surface area contributed by atoms with Crippen LogP contribution in [0.3, 0.4) is 0 Å². The maximum atomic E-state index is 13.2. The molecule has 3 aromatic rings. The van der Waals surface area contributed by atoms with Crippen LogP contribution in [0.1, 0.15) is 17.3 Å². The van der Waals surface area contributed by atoms with Gasteiger partial charge in [0.1, 0.15) is 5.82 Å². The molecule has 0 saturated heterocycles. The van der Waals surface area contributed by atoms with Gasteiger partial charge < -0.3 is 4.74 Å². The molecule has 0 radical (unpaired) electrons. The Morgan fingerprint density at radius 3 is 2.61 bits per heavy atom. The van der Waals surface area contributed by atoms with Crippen molar-refractivity contribution in [1.29, 1.82) is 0 Å². The highest BCUT2D eigenvalue weighted by atomic mass is 19.1. The van der Waals surface area contributed by atoms with E-state index < -0.39 is 5.97 Å². The van der Waals surface area contributed by atoms with Gasteiger partial charge >= 0.3 is 5.97 Å². The van der Waals surface area contributed by atoms with Crippen LogP contribution in [0, 0.1) is 5.82 Å². The van der Waals surface area contributed by atoms with Crippen molar-refractivity contribution >= 4 is 11.5 Å². The van der Waals surface area contributed by atoms with Gasteiger partial charge in [-0.15, -0.1) is 0 Å². The molecule has 2 heterocycles. The second kappa shape index (κ2) is 6.04. The number of esters is 1. The lowest BCUT2D eigenvalue weighted by atomic mass is 9.99. The third kappa shape index (κ3) is 2.73.